The molecule has 3 rings (SSSR count). The first-order valence-corrected chi connectivity index (χ1v) is 7.49. The van der Waals surface area contributed by atoms with Crippen molar-refractivity contribution < 1.29 is 0 Å². The predicted octanol–water partition coefficient (Wildman–Crippen LogP) is 2.04. The van der Waals surface area contributed by atoms with E-state index in [1.54, 1.807) is 0 Å². The molecule has 1 fully saturated rings. The number of rotatable bonds is 2. The molecule has 3 heterocycles. The summed E-state index contributed by atoms with van der Waals surface area (Å²) < 4.78 is 2.43. The maximum Gasteiger partial charge on any atom is 0.140 e. The quantitative estimate of drug-likeness (QED) is 0.871. The van der Waals surface area contributed by atoms with Crippen LogP contribution in [0, 0.1) is 0 Å². The fraction of sp³-hybridized carbons (Fsp3) is 0.857. The van der Waals surface area contributed by atoms with Crippen LogP contribution in [-0.2, 0) is 18.4 Å². The van der Waals surface area contributed by atoms with E-state index in [0.717, 1.165) is 32.5 Å². The van der Waals surface area contributed by atoms with Gasteiger partial charge in [0.05, 0.1) is 0 Å². The molecule has 0 aromatic carbocycles. The van der Waals surface area contributed by atoms with Crippen molar-refractivity contribution in [3.8, 4) is 0 Å². The number of hydrogen-bond acceptors (Lipinski definition) is 3. The molecule has 0 radical (unpaired) electrons. The number of nitrogens with zero attached hydrogens (tertiary/aromatic N) is 3. The third-order valence-corrected chi connectivity index (χ3v) is 4.73. The SMILES string of the molecule is CCC1(c2nnc3n2CCCCC3)CCCNC1. The number of hydrogen-bond donors (Lipinski definition) is 1. The van der Waals surface area contributed by atoms with Crippen molar-refractivity contribution in [3.05, 3.63) is 11.6 Å². The van der Waals surface area contributed by atoms with E-state index < -0.39 is 0 Å². The second kappa shape index (κ2) is 5.00. The fourth-order valence-corrected chi connectivity index (χ4v) is 3.50. The number of aryl methyl sites for hydroxylation is 1. The Hall–Kier alpha value is -0.900. The van der Waals surface area contributed by atoms with Gasteiger partial charge in [0.15, 0.2) is 0 Å². The molecule has 1 aromatic rings. The molecule has 2 aliphatic rings. The smallest absolute Gasteiger partial charge is 0.140 e. The van der Waals surface area contributed by atoms with Crippen LogP contribution in [0.3, 0.4) is 0 Å². The Balaban J connectivity index is 1.97. The highest BCUT2D eigenvalue weighted by Gasteiger charge is 2.37. The molecule has 1 saturated heterocycles. The first kappa shape index (κ1) is 12.2. The minimum Gasteiger partial charge on any atom is -0.316 e. The minimum atomic E-state index is 0.230. The van der Waals surface area contributed by atoms with E-state index in [1.165, 1.54) is 43.8 Å². The second-order valence-corrected chi connectivity index (χ2v) is 5.82. The Bertz CT molecular complexity index is 404. The molecule has 18 heavy (non-hydrogen) atoms. The van der Waals surface area contributed by atoms with Crippen LogP contribution >= 0.6 is 0 Å². The molecule has 0 bridgehead atoms. The third kappa shape index (κ3) is 1.96. The molecule has 4 heteroatoms. The molecule has 2 aliphatic heterocycles. The van der Waals surface area contributed by atoms with Gasteiger partial charge in [-0.05, 0) is 38.6 Å². The monoisotopic (exact) mass is 248 g/mol. The standard InChI is InChI=1S/C14H24N4/c1-2-14(8-6-9-15-11-14)13-17-16-12-7-4-3-5-10-18(12)13/h15H,2-11H2,1H3. The van der Waals surface area contributed by atoms with E-state index in [0.29, 0.717) is 0 Å². The molecule has 0 saturated carbocycles. The third-order valence-electron chi connectivity index (χ3n) is 4.73. The summed E-state index contributed by atoms with van der Waals surface area (Å²) >= 11 is 0. The highest BCUT2D eigenvalue weighted by Crippen LogP contribution is 2.34. The van der Waals surface area contributed by atoms with Gasteiger partial charge in [-0.2, -0.15) is 0 Å². The zero-order valence-corrected chi connectivity index (χ0v) is 11.4. The van der Waals surface area contributed by atoms with Gasteiger partial charge in [-0.15, -0.1) is 10.2 Å². The average molecular weight is 248 g/mol. The first-order chi connectivity index (χ1) is 8.86. The van der Waals surface area contributed by atoms with Gasteiger partial charge in [-0.1, -0.05) is 13.3 Å². The normalized spacial score (nSPS) is 28.7. The molecule has 1 N–H and O–H groups in total. The summed E-state index contributed by atoms with van der Waals surface area (Å²) in [5.41, 5.74) is 0.230. The maximum absolute atomic E-state index is 4.58. The largest absolute Gasteiger partial charge is 0.316 e. The molecule has 0 amide bonds. The lowest BCUT2D eigenvalue weighted by Crippen LogP contribution is -2.44. The Labute approximate surface area is 109 Å². The molecule has 1 unspecified atom stereocenters. The second-order valence-electron chi connectivity index (χ2n) is 5.82. The number of nitrogens with one attached hydrogen (secondary N) is 1. The predicted molar refractivity (Wildman–Crippen MR) is 71.6 cm³/mol. The molecule has 4 nitrogen and oxygen atoms in total. The minimum absolute atomic E-state index is 0.230. The molecular weight excluding hydrogens is 224 g/mol. The van der Waals surface area contributed by atoms with Crippen molar-refractivity contribution in [1.29, 1.82) is 0 Å². The Kier molecular flexibility index (Phi) is 3.37. The van der Waals surface area contributed by atoms with Crippen LogP contribution in [0.25, 0.3) is 0 Å². The van der Waals surface area contributed by atoms with E-state index in [2.05, 4.69) is 27.0 Å². The highest BCUT2D eigenvalue weighted by atomic mass is 15.3. The zero-order valence-electron chi connectivity index (χ0n) is 11.4. The van der Waals surface area contributed by atoms with Gasteiger partial charge in [0.1, 0.15) is 11.6 Å². The van der Waals surface area contributed by atoms with Gasteiger partial charge in [0, 0.05) is 24.9 Å². The van der Waals surface area contributed by atoms with Crippen LogP contribution in [0.5, 0.6) is 0 Å². The summed E-state index contributed by atoms with van der Waals surface area (Å²) in [4.78, 5) is 0. The van der Waals surface area contributed by atoms with Crippen molar-refractivity contribution in [2.45, 2.75) is 63.8 Å². The van der Waals surface area contributed by atoms with E-state index in [9.17, 15) is 0 Å². The number of aromatic nitrogens is 3. The summed E-state index contributed by atoms with van der Waals surface area (Å²) in [7, 11) is 0. The Morgan fingerprint density at radius 3 is 2.94 bits per heavy atom. The van der Waals surface area contributed by atoms with Crippen molar-refractivity contribution >= 4 is 0 Å². The summed E-state index contributed by atoms with van der Waals surface area (Å²) in [6.07, 6.45) is 8.68. The van der Waals surface area contributed by atoms with E-state index in [-0.39, 0.29) is 5.41 Å². The summed E-state index contributed by atoms with van der Waals surface area (Å²) in [5.74, 6) is 2.48. The molecule has 100 valence electrons. The van der Waals surface area contributed by atoms with Crippen LogP contribution in [0.2, 0.25) is 0 Å². The Morgan fingerprint density at radius 1 is 1.22 bits per heavy atom. The van der Waals surface area contributed by atoms with Crippen molar-refractivity contribution in [2.24, 2.45) is 0 Å². The van der Waals surface area contributed by atoms with Crippen molar-refractivity contribution in [3.63, 3.8) is 0 Å². The highest BCUT2D eigenvalue weighted by molar-refractivity contribution is 5.14. The van der Waals surface area contributed by atoms with Crippen molar-refractivity contribution in [1.82, 2.24) is 20.1 Å². The van der Waals surface area contributed by atoms with Gasteiger partial charge < -0.3 is 9.88 Å². The maximum atomic E-state index is 4.58. The zero-order chi connectivity index (χ0) is 12.4. The van der Waals surface area contributed by atoms with E-state index >= 15 is 0 Å². The number of piperidine rings is 1. The van der Waals surface area contributed by atoms with E-state index in [4.69, 9.17) is 0 Å². The van der Waals surface area contributed by atoms with Crippen LogP contribution in [-0.4, -0.2) is 27.9 Å². The lowest BCUT2D eigenvalue weighted by molar-refractivity contribution is 0.277. The molecule has 0 aliphatic carbocycles. The van der Waals surface area contributed by atoms with Gasteiger partial charge in [-0.25, -0.2) is 0 Å². The summed E-state index contributed by atoms with van der Waals surface area (Å²) in [6, 6.07) is 0. The number of fused-ring (bicyclic) bond motifs is 1. The fourth-order valence-electron chi connectivity index (χ4n) is 3.50. The molecule has 1 aromatic heterocycles. The summed E-state index contributed by atoms with van der Waals surface area (Å²) in [5, 5.41) is 12.6. The van der Waals surface area contributed by atoms with Gasteiger partial charge in [-0.3, -0.25) is 0 Å². The topological polar surface area (TPSA) is 42.7 Å². The summed E-state index contributed by atoms with van der Waals surface area (Å²) in [6.45, 7) is 5.65. The van der Waals surface area contributed by atoms with Crippen LogP contribution in [0.15, 0.2) is 0 Å². The average Bonchev–Trinajstić information content (AvgIpc) is 2.69. The van der Waals surface area contributed by atoms with Crippen LogP contribution < -0.4 is 5.32 Å². The van der Waals surface area contributed by atoms with Crippen LogP contribution in [0.1, 0.15) is 57.1 Å². The van der Waals surface area contributed by atoms with Gasteiger partial charge in [0.25, 0.3) is 0 Å². The lowest BCUT2D eigenvalue weighted by Gasteiger charge is -2.36. The Morgan fingerprint density at radius 2 is 2.17 bits per heavy atom. The lowest BCUT2D eigenvalue weighted by atomic mass is 9.77. The van der Waals surface area contributed by atoms with Gasteiger partial charge >= 0.3 is 0 Å². The molecule has 0 spiro atoms. The molecule has 1 atom stereocenters. The first-order valence-electron chi connectivity index (χ1n) is 7.49. The van der Waals surface area contributed by atoms with Crippen molar-refractivity contribution in [2.75, 3.05) is 13.1 Å². The van der Waals surface area contributed by atoms with Gasteiger partial charge in [0.2, 0.25) is 0 Å². The van der Waals surface area contributed by atoms with E-state index in [1.807, 2.05) is 0 Å². The molecular formula is C14H24N4. The van der Waals surface area contributed by atoms with Crippen LogP contribution in [0.4, 0.5) is 0 Å².